The van der Waals surface area contributed by atoms with Crippen molar-refractivity contribution in [2.24, 2.45) is 0 Å². The van der Waals surface area contributed by atoms with Gasteiger partial charge in [0.1, 0.15) is 25.8 Å². The van der Waals surface area contributed by atoms with Gasteiger partial charge in [0.2, 0.25) is 21.8 Å². The molecule has 38 heavy (non-hydrogen) atoms. The Hall–Kier alpha value is -2.79. The average molecular weight is 609 g/mol. The first kappa shape index (κ1) is 28.2. The Kier molecular flexibility index (Phi) is 9.19. The van der Waals surface area contributed by atoms with Crippen LogP contribution in [0.1, 0.15) is 45.1 Å². The first-order chi connectivity index (χ1) is 18.2. The van der Waals surface area contributed by atoms with Crippen LogP contribution in [-0.2, 0) is 26.2 Å². The number of fused-ring (bicyclic) bond motifs is 1. The molecule has 2 aromatic rings. The standard InChI is InChI=1S/C27H34BrN3O6S/c1-3-38(34,35)31(23-12-13-24-25(16-23)37-15-14-36-24)18-26(32)30(17-20-8-10-21(28)11-9-20)19(2)27(33)29-22-6-4-5-7-22/h8-13,16,19,22H,3-7,14-15,17-18H2,1-2H3,(H,29,33). The highest BCUT2D eigenvalue weighted by molar-refractivity contribution is 9.10. The molecule has 2 amide bonds. The lowest BCUT2D eigenvalue weighted by Crippen LogP contribution is -2.52. The van der Waals surface area contributed by atoms with Crippen molar-refractivity contribution in [1.29, 1.82) is 0 Å². The molecule has 2 aliphatic rings. The van der Waals surface area contributed by atoms with Crippen LogP contribution in [0.5, 0.6) is 11.5 Å². The summed E-state index contributed by atoms with van der Waals surface area (Å²) in [4.78, 5) is 28.4. The van der Waals surface area contributed by atoms with Crippen LogP contribution >= 0.6 is 15.9 Å². The molecule has 1 aliphatic heterocycles. The quantitative estimate of drug-likeness (QED) is 0.440. The molecule has 4 rings (SSSR count). The van der Waals surface area contributed by atoms with Crippen LogP contribution in [0.3, 0.4) is 0 Å². The number of carbonyl (C=O) groups is 2. The maximum absolute atomic E-state index is 13.8. The summed E-state index contributed by atoms with van der Waals surface area (Å²) in [5.74, 6) is 0.0300. The van der Waals surface area contributed by atoms with Gasteiger partial charge < -0.3 is 19.7 Å². The number of hydrogen-bond acceptors (Lipinski definition) is 6. The zero-order chi connectivity index (χ0) is 27.3. The van der Waals surface area contributed by atoms with Gasteiger partial charge in [-0.15, -0.1) is 0 Å². The van der Waals surface area contributed by atoms with Crippen molar-refractivity contribution in [3.05, 3.63) is 52.5 Å². The third-order valence-electron chi connectivity index (χ3n) is 6.93. The van der Waals surface area contributed by atoms with Crippen LogP contribution in [0.15, 0.2) is 46.9 Å². The number of ether oxygens (including phenoxy) is 2. The highest BCUT2D eigenvalue weighted by atomic mass is 79.9. The van der Waals surface area contributed by atoms with Crippen molar-refractivity contribution >= 4 is 43.5 Å². The number of halogens is 1. The maximum Gasteiger partial charge on any atom is 0.244 e. The number of carbonyl (C=O) groups excluding carboxylic acids is 2. The Balaban J connectivity index is 1.61. The number of anilines is 1. The van der Waals surface area contributed by atoms with Gasteiger partial charge in [0, 0.05) is 23.1 Å². The van der Waals surface area contributed by atoms with Gasteiger partial charge in [-0.3, -0.25) is 13.9 Å². The van der Waals surface area contributed by atoms with Crippen molar-refractivity contribution in [1.82, 2.24) is 10.2 Å². The van der Waals surface area contributed by atoms with Crippen LogP contribution in [0.25, 0.3) is 0 Å². The largest absolute Gasteiger partial charge is 0.486 e. The summed E-state index contributed by atoms with van der Waals surface area (Å²) in [6, 6.07) is 11.6. The maximum atomic E-state index is 13.8. The van der Waals surface area contributed by atoms with Crippen molar-refractivity contribution in [3.8, 4) is 11.5 Å². The Bertz CT molecular complexity index is 1250. The molecule has 1 atom stereocenters. The van der Waals surface area contributed by atoms with E-state index in [0.29, 0.717) is 30.4 Å². The van der Waals surface area contributed by atoms with E-state index in [9.17, 15) is 18.0 Å². The van der Waals surface area contributed by atoms with Gasteiger partial charge in [0.25, 0.3) is 0 Å². The zero-order valence-electron chi connectivity index (χ0n) is 21.7. The number of hydrogen-bond donors (Lipinski definition) is 1. The number of benzene rings is 2. The molecule has 0 spiro atoms. The summed E-state index contributed by atoms with van der Waals surface area (Å²) < 4.78 is 39.5. The predicted octanol–water partition coefficient (Wildman–Crippen LogP) is 3.85. The summed E-state index contributed by atoms with van der Waals surface area (Å²) in [5.41, 5.74) is 1.13. The normalized spacial score (nSPS) is 16.1. The van der Waals surface area contributed by atoms with Gasteiger partial charge >= 0.3 is 0 Å². The molecule has 1 N–H and O–H groups in total. The smallest absolute Gasteiger partial charge is 0.244 e. The van der Waals surface area contributed by atoms with E-state index in [0.717, 1.165) is 40.0 Å². The van der Waals surface area contributed by atoms with Gasteiger partial charge in [-0.25, -0.2) is 8.42 Å². The van der Waals surface area contributed by atoms with Crippen molar-refractivity contribution in [2.45, 2.75) is 58.2 Å². The van der Waals surface area contributed by atoms with Crippen molar-refractivity contribution in [2.75, 3.05) is 29.8 Å². The minimum atomic E-state index is -3.83. The molecule has 1 saturated carbocycles. The van der Waals surface area contributed by atoms with E-state index in [1.165, 1.54) is 11.8 Å². The van der Waals surface area contributed by atoms with Gasteiger partial charge in [0.15, 0.2) is 11.5 Å². The summed E-state index contributed by atoms with van der Waals surface area (Å²) in [6.45, 7) is 3.68. The third-order valence-corrected chi connectivity index (χ3v) is 9.20. The number of rotatable bonds is 10. The van der Waals surface area contributed by atoms with Crippen LogP contribution in [0.4, 0.5) is 5.69 Å². The molecule has 0 saturated heterocycles. The molecule has 0 aromatic heterocycles. The van der Waals surface area contributed by atoms with Gasteiger partial charge in [0.05, 0.1) is 11.4 Å². The van der Waals surface area contributed by atoms with Crippen LogP contribution in [-0.4, -0.2) is 62.7 Å². The summed E-state index contributed by atoms with van der Waals surface area (Å²) in [5, 5.41) is 3.07. The van der Waals surface area contributed by atoms with E-state index in [1.54, 1.807) is 25.1 Å². The molecule has 1 fully saturated rings. The van der Waals surface area contributed by atoms with Gasteiger partial charge in [-0.1, -0.05) is 40.9 Å². The Morgan fingerprint density at radius 2 is 1.71 bits per heavy atom. The fourth-order valence-corrected chi connectivity index (χ4v) is 5.99. The van der Waals surface area contributed by atoms with E-state index in [2.05, 4.69) is 21.2 Å². The molecular formula is C27H34BrN3O6S. The molecule has 0 bridgehead atoms. The lowest BCUT2D eigenvalue weighted by Gasteiger charge is -2.32. The third kappa shape index (κ3) is 6.79. The summed E-state index contributed by atoms with van der Waals surface area (Å²) in [6.07, 6.45) is 3.98. The highest BCUT2D eigenvalue weighted by Gasteiger charge is 2.32. The molecule has 2 aromatic carbocycles. The molecule has 206 valence electrons. The topological polar surface area (TPSA) is 105 Å². The number of nitrogens with zero attached hydrogens (tertiary/aromatic N) is 2. The van der Waals surface area contributed by atoms with E-state index in [1.807, 2.05) is 24.3 Å². The molecule has 1 aliphatic carbocycles. The second kappa shape index (κ2) is 12.4. The molecular weight excluding hydrogens is 574 g/mol. The number of sulfonamides is 1. The zero-order valence-corrected chi connectivity index (χ0v) is 24.1. The Labute approximate surface area is 232 Å². The number of amides is 2. The molecule has 0 radical (unpaired) electrons. The lowest BCUT2D eigenvalue weighted by molar-refractivity contribution is -0.139. The fourth-order valence-electron chi connectivity index (χ4n) is 4.67. The molecule has 1 heterocycles. The van der Waals surface area contributed by atoms with Crippen molar-refractivity contribution < 1.29 is 27.5 Å². The summed E-state index contributed by atoms with van der Waals surface area (Å²) >= 11 is 3.42. The Morgan fingerprint density at radius 3 is 2.37 bits per heavy atom. The Morgan fingerprint density at radius 1 is 1.05 bits per heavy atom. The SMILES string of the molecule is CCS(=O)(=O)N(CC(=O)N(Cc1ccc(Br)cc1)C(C)C(=O)NC1CCCC1)c1ccc2c(c1)OCCO2. The van der Waals surface area contributed by atoms with Gasteiger partial charge in [-0.05, 0) is 56.5 Å². The first-order valence-corrected chi connectivity index (χ1v) is 15.3. The average Bonchev–Trinajstić information content (AvgIpc) is 3.43. The van der Waals surface area contributed by atoms with E-state index in [4.69, 9.17) is 9.47 Å². The van der Waals surface area contributed by atoms with E-state index in [-0.39, 0.29) is 24.2 Å². The molecule has 9 nitrogen and oxygen atoms in total. The first-order valence-electron chi connectivity index (χ1n) is 12.9. The van der Waals surface area contributed by atoms with E-state index >= 15 is 0 Å². The van der Waals surface area contributed by atoms with E-state index < -0.39 is 28.5 Å². The lowest BCUT2D eigenvalue weighted by atomic mass is 10.1. The molecule has 1 unspecified atom stereocenters. The minimum Gasteiger partial charge on any atom is -0.486 e. The minimum absolute atomic E-state index is 0.101. The fraction of sp³-hybridized carbons (Fsp3) is 0.481. The predicted molar refractivity (Wildman–Crippen MR) is 149 cm³/mol. The molecule has 11 heteroatoms. The summed E-state index contributed by atoms with van der Waals surface area (Å²) in [7, 11) is -3.83. The van der Waals surface area contributed by atoms with Crippen LogP contribution < -0.4 is 19.1 Å². The number of nitrogens with one attached hydrogen (secondary N) is 1. The van der Waals surface area contributed by atoms with Gasteiger partial charge in [-0.2, -0.15) is 0 Å². The van der Waals surface area contributed by atoms with Crippen LogP contribution in [0.2, 0.25) is 0 Å². The monoisotopic (exact) mass is 607 g/mol. The van der Waals surface area contributed by atoms with Crippen molar-refractivity contribution in [3.63, 3.8) is 0 Å². The highest BCUT2D eigenvalue weighted by Crippen LogP contribution is 2.35. The van der Waals surface area contributed by atoms with Crippen LogP contribution in [0, 0.1) is 0 Å². The second-order valence-electron chi connectivity index (χ2n) is 9.55. The second-order valence-corrected chi connectivity index (χ2v) is 12.6.